The number of carbonyl (C=O) groups is 1. The van der Waals surface area contributed by atoms with Crippen LogP contribution in [-0.2, 0) is 4.79 Å². The molecule has 25 heavy (non-hydrogen) atoms. The molecule has 7 nitrogen and oxygen atoms in total. The molecule has 0 aliphatic carbocycles. The highest BCUT2D eigenvalue weighted by Gasteiger charge is 2.20. The summed E-state index contributed by atoms with van der Waals surface area (Å²) in [6.45, 7) is 17.0. The van der Waals surface area contributed by atoms with E-state index < -0.39 is 0 Å². The summed E-state index contributed by atoms with van der Waals surface area (Å²) in [7, 11) is 1.72. The first-order valence-electron chi connectivity index (χ1n) is 8.97. The number of rotatable bonds is 6. The Kier molecular flexibility index (Phi) is 11.6. The third-order valence-corrected chi connectivity index (χ3v) is 4.20. The van der Waals surface area contributed by atoms with Crippen molar-refractivity contribution in [2.75, 3.05) is 52.9 Å². The predicted molar refractivity (Wildman–Crippen MR) is 116 cm³/mol. The van der Waals surface area contributed by atoms with Crippen LogP contribution in [0, 0.1) is 0 Å². The molecule has 1 rings (SSSR count). The average molecular weight is 468 g/mol. The smallest absolute Gasteiger partial charge is 0.239 e. The first-order valence-corrected chi connectivity index (χ1v) is 8.97. The van der Waals surface area contributed by atoms with Crippen LogP contribution in [-0.4, -0.2) is 86.1 Å². The molecule has 1 unspecified atom stereocenters. The summed E-state index contributed by atoms with van der Waals surface area (Å²) >= 11 is 0. The molecule has 0 radical (unpaired) electrons. The molecule has 148 valence electrons. The van der Waals surface area contributed by atoms with Crippen molar-refractivity contribution in [1.82, 2.24) is 25.8 Å². The molecule has 1 atom stereocenters. The van der Waals surface area contributed by atoms with Gasteiger partial charge in [0.2, 0.25) is 5.91 Å². The maximum absolute atomic E-state index is 11.9. The molecular formula is C17H37IN6O. The number of nitrogens with zero attached hydrogens (tertiary/aromatic N) is 3. The lowest BCUT2D eigenvalue weighted by Crippen LogP contribution is -2.53. The number of piperazine rings is 1. The van der Waals surface area contributed by atoms with E-state index in [0.717, 1.165) is 39.3 Å². The van der Waals surface area contributed by atoms with Gasteiger partial charge in [0.1, 0.15) is 0 Å². The normalized spacial score (nSPS) is 18.2. The number of halogens is 1. The number of likely N-dealkylation sites (N-methyl/N-ethyl adjacent to an activating group) is 1. The number of guanidine groups is 1. The molecule has 0 bridgehead atoms. The largest absolute Gasteiger partial charge is 0.355 e. The van der Waals surface area contributed by atoms with Gasteiger partial charge in [-0.1, -0.05) is 6.92 Å². The van der Waals surface area contributed by atoms with Crippen molar-refractivity contribution in [2.45, 2.75) is 46.2 Å². The van der Waals surface area contributed by atoms with E-state index in [1.165, 1.54) is 0 Å². The van der Waals surface area contributed by atoms with Crippen LogP contribution in [0.15, 0.2) is 4.99 Å². The lowest BCUT2D eigenvalue weighted by atomic mass is 10.1. The van der Waals surface area contributed by atoms with Gasteiger partial charge in [0.25, 0.3) is 0 Å². The third kappa shape index (κ3) is 10.2. The maximum atomic E-state index is 11.9. The van der Waals surface area contributed by atoms with Crippen LogP contribution >= 0.6 is 24.0 Å². The Morgan fingerprint density at radius 3 is 2.24 bits per heavy atom. The minimum atomic E-state index is -0.217. The van der Waals surface area contributed by atoms with Crippen molar-refractivity contribution in [1.29, 1.82) is 0 Å². The minimum Gasteiger partial charge on any atom is -0.355 e. The van der Waals surface area contributed by atoms with E-state index in [1.54, 1.807) is 7.05 Å². The Morgan fingerprint density at radius 2 is 1.76 bits per heavy atom. The summed E-state index contributed by atoms with van der Waals surface area (Å²) in [6, 6.07) is 0.436. The summed E-state index contributed by atoms with van der Waals surface area (Å²) < 4.78 is 0. The summed E-state index contributed by atoms with van der Waals surface area (Å²) in [6.07, 6.45) is 0. The van der Waals surface area contributed by atoms with E-state index in [2.05, 4.69) is 44.6 Å². The lowest BCUT2D eigenvalue weighted by Gasteiger charge is -2.37. The zero-order valence-corrected chi connectivity index (χ0v) is 19.0. The molecule has 1 heterocycles. The molecule has 0 aromatic heterocycles. The first-order chi connectivity index (χ1) is 11.2. The zero-order chi connectivity index (χ0) is 18.2. The Bertz CT molecular complexity index is 416. The summed E-state index contributed by atoms with van der Waals surface area (Å²) in [4.78, 5) is 21.0. The summed E-state index contributed by atoms with van der Waals surface area (Å²) in [5.74, 6) is 0.632. The topological polar surface area (TPSA) is 72.0 Å². The van der Waals surface area contributed by atoms with Crippen LogP contribution < -0.4 is 16.0 Å². The molecule has 3 N–H and O–H groups in total. The number of hydrogen-bond donors (Lipinski definition) is 3. The molecule has 0 aromatic rings. The van der Waals surface area contributed by atoms with Gasteiger partial charge in [0, 0.05) is 51.4 Å². The molecule has 0 saturated carbocycles. The van der Waals surface area contributed by atoms with Gasteiger partial charge in [-0.25, -0.2) is 0 Å². The molecular weight excluding hydrogens is 431 g/mol. The van der Waals surface area contributed by atoms with Crippen LogP contribution in [0.3, 0.4) is 0 Å². The fourth-order valence-electron chi connectivity index (χ4n) is 2.74. The second-order valence-corrected chi connectivity index (χ2v) is 7.42. The van der Waals surface area contributed by atoms with Gasteiger partial charge in [-0.2, -0.15) is 0 Å². The van der Waals surface area contributed by atoms with Gasteiger partial charge in [0.15, 0.2) is 5.96 Å². The maximum Gasteiger partial charge on any atom is 0.239 e. The molecule has 1 aliphatic rings. The Morgan fingerprint density at radius 1 is 1.16 bits per heavy atom. The molecule has 1 amide bonds. The number of hydrogen-bond acceptors (Lipinski definition) is 4. The average Bonchev–Trinajstić information content (AvgIpc) is 2.53. The van der Waals surface area contributed by atoms with Crippen molar-refractivity contribution in [2.24, 2.45) is 4.99 Å². The Labute approximate surface area is 170 Å². The number of nitrogens with one attached hydrogen (secondary N) is 3. The van der Waals surface area contributed by atoms with Gasteiger partial charge >= 0.3 is 0 Å². The number of amides is 1. The van der Waals surface area contributed by atoms with Gasteiger partial charge in [-0.3, -0.25) is 14.7 Å². The van der Waals surface area contributed by atoms with Gasteiger partial charge in [-0.15, -0.1) is 24.0 Å². The van der Waals surface area contributed by atoms with E-state index >= 15 is 0 Å². The zero-order valence-electron chi connectivity index (χ0n) is 16.7. The predicted octanol–water partition coefficient (Wildman–Crippen LogP) is 0.710. The fraction of sp³-hybridized carbons (Fsp3) is 0.882. The van der Waals surface area contributed by atoms with Gasteiger partial charge in [-0.05, 0) is 34.2 Å². The number of aliphatic imine (C=N–C) groups is 1. The monoisotopic (exact) mass is 468 g/mol. The highest BCUT2D eigenvalue weighted by molar-refractivity contribution is 14.0. The van der Waals surface area contributed by atoms with Crippen molar-refractivity contribution < 1.29 is 4.79 Å². The molecule has 8 heteroatoms. The van der Waals surface area contributed by atoms with Crippen LogP contribution in [0.4, 0.5) is 0 Å². The number of carbonyl (C=O) groups excluding carboxylic acids is 1. The second-order valence-electron chi connectivity index (χ2n) is 7.42. The van der Waals surface area contributed by atoms with Crippen molar-refractivity contribution in [3.63, 3.8) is 0 Å². The van der Waals surface area contributed by atoms with Crippen LogP contribution in [0.5, 0.6) is 0 Å². The fourth-order valence-corrected chi connectivity index (χ4v) is 2.74. The quantitative estimate of drug-likeness (QED) is 0.304. The molecule has 0 spiro atoms. The molecule has 0 aromatic carbocycles. The van der Waals surface area contributed by atoms with Gasteiger partial charge < -0.3 is 20.9 Å². The van der Waals surface area contributed by atoms with E-state index in [1.807, 2.05) is 20.8 Å². The van der Waals surface area contributed by atoms with Crippen LogP contribution in [0.1, 0.15) is 34.6 Å². The highest BCUT2D eigenvalue weighted by Crippen LogP contribution is 2.05. The summed E-state index contributed by atoms with van der Waals surface area (Å²) in [5, 5.41) is 9.31. The van der Waals surface area contributed by atoms with E-state index in [4.69, 9.17) is 0 Å². The third-order valence-electron chi connectivity index (χ3n) is 4.20. The molecule has 1 aliphatic heterocycles. The van der Waals surface area contributed by atoms with E-state index in [-0.39, 0.29) is 42.0 Å². The minimum absolute atomic E-state index is 0. The van der Waals surface area contributed by atoms with E-state index in [0.29, 0.717) is 12.0 Å². The van der Waals surface area contributed by atoms with Gasteiger partial charge in [0.05, 0.1) is 6.54 Å². The van der Waals surface area contributed by atoms with Crippen molar-refractivity contribution >= 4 is 35.8 Å². The Hall–Kier alpha value is -0.610. The standard InChI is InChI=1S/C17H36N6O.HI/c1-7-22-8-10-23(11-9-22)14(2)12-19-16(18-6)20-13-15(24)21-17(3,4)5;/h14H,7-13H2,1-6H3,(H,21,24)(H2,18,19,20);1H. The SMILES string of the molecule is CCN1CCN(C(C)CNC(=NC)NCC(=O)NC(C)(C)C)CC1.I. The van der Waals surface area contributed by atoms with E-state index in [9.17, 15) is 4.79 Å². The van der Waals surface area contributed by atoms with Crippen LogP contribution in [0.2, 0.25) is 0 Å². The summed E-state index contributed by atoms with van der Waals surface area (Å²) in [5.41, 5.74) is -0.217. The first kappa shape index (κ1) is 24.4. The van der Waals surface area contributed by atoms with Crippen LogP contribution in [0.25, 0.3) is 0 Å². The highest BCUT2D eigenvalue weighted by atomic mass is 127. The second kappa shape index (κ2) is 11.9. The molecule has 1 fully saturated rings. The molecule has 1 saturated heterocycles. The lowest BCUT2D eigenvalue weighted by molar-refractivity contribution is -0.121. The van der Waals surface area contributed by atoms with Crippen molar-refractivity contribution in [3.8, 4) is 0 Å². The Balaban J connectivity index is 0.00000576. The van der Waals surface area contributed by atoms with Crippen molar-refractivity contribution in [3.05, 3.63) is 0 Å².